The quantitative estimate of drug-likeness (QED) is 0.257. The van der Waals surface area contributed by atoms with Gasteiger partial charge in [0, 0.05) is 23.3 Å². The Bertz CT molecular complexity index is 1080. The molecule has 0 unspecified atom stereocenters. The van der Waals surface area contributed by atoms with Crippen LogP contribution < -0.4 is 9.47 Å². The van der Waals surface area contributed by atoms with Crippen LogP contribution >= 0.6 is 0 Å². The lowest BCUT2D eigenvalue weighted by molar-refractivity contribution is -0.129. The van der Waals surface area contributed by atoms with Crippen molar-refractivity contribution < 1.29 is 28.7 Å². The third-order valence-electron chi connectivity index (χ3n) is 3.88. The van der Waals surface area contributed by atoms with Gasteiger partial charge in [-0.25, -0.2) is 9.59 Å². The Labute approximate surface area is 187 Å². The first-order chi connectivity index (χ1) is 15.2. The Morgan fingerprint density at radius 3 is 2.03 bits per heavy atom. The van der Waals surface area contributed by atoms with Crippen LogP contribution in [0, 0.1) is 6.92 Å². The molecule has 2 aromatic carbocycles. The summed E-state index contributed by atoms with van der Waals surface area (Å²) in [4.78, 5) is 44.8. The summed E-state index contributed by atoms with van der Waals surface area (Å²) in [5.74, 6) is -0.734. The number of esters is 2. The van der Waals surface area contributed by atoms with Crippen molar-refractivity contribution in [2.45, 2.75) is 13.8 Å². The Balaban J connectivity index is 0.000000920. The van der Waals surface area contributed by atoms with Crippen molar-refractivity contribution in [3.05, 3.63) is 103 Å². The van der Waals surface area contributed by atoms with Crippen LogP contribution in [0.15, 0.2) is 86.5 Å². The zero-order valence-electron chi connectivity index (χ0n) is 18.0. The van der Waals surface area contributed by atoms with Gasteiger partial charge < -0.3 is 9.47 Å². The maximum absolute atomic E-state index is 12.5. The van der Waals surface area contributed by atoms with Gasteiger partial charge in [0.1, 0.15) is 11.5 Å². The molecule has 0 aliphatic carbocycles. The highest BCUT2D eigenvalue weighted by molar-refractivity contribution is 6.08. The highest BCUT2D eigenvalue weighted by Crippen LogP contribution is 2.23. The van der Waals surface area contributed by atoms with Gasteiger partial charge in [-0.1, -0.05) is 50.1 Å². The molecule has 32 heavy (non-hydrogen) atoms. The molecule has 6 nitrogen and oxygen atoms in total. The molecule has 0 aromatic heterocycles. The molecule has 2 aromatic rings. The molecule has 0 N–H and O–H groups in total. The Morgan fingerprint density at radius 2 is 1.44 bits per heavy atom. The fourth-order valence-electron chi connectivity index (χ4n) is 2.24. The molecule has 0 spiro atoms. The molecular weight excluding hydrogens is 408 g/mol. The number of carbonyl (C=O) groups is 4. The van der Waals surface area contributed by atoms with E-state index in [-0.39, 0.29) is 11.6 Å². The predicted octanol–water partition coefficient (Wildman–Crippen LogP) is 4.84. The zero-order valence-corrected chi connectivity index (χ0v) is 18.0. The molecule has 164 valence electrons. The van der Waals surface area contributed by atoms with Crippen molar-refractivity contribution in [1.82, 2.24) is 0 Å². The van der Waals surface area contributed by atoms with Gasteiger partial charge >= 0.3 is 11.9 Å². The van der Waals surface area contributed by atoms with Crippen molar-refractivity contribution in [3.63, 3.8) is 0 Å². The van der Waals surface area contributed by atoms with Crippen LogP contribution in [0.3, 0.4) is 0 Å². The van der Waals surface area contributed by atoms with Gasteiger partial charge in [-0.05, 0) is 49.8 Å². The number of ether oxygens (including phenoxy) is 2. The molecule has 0 saturated heterocycles. The molecule has 0 aliphatic heterocycles. The second kappa shape index (κ2) is 13.1. The van der Waals surface area contributed by atoms with E-state index in [1.807, 2.05) is 0 Å². The summed E-state index contributed by atoms with van der Waals surface area (Å²) in [6.45, 7) is 13.1. The maximum Gasteiger partial charge on any atom is 0.335 e. The molecule has 0 saturated carbocycles. The summed E-state index contributed by atoms with van der Waals surface area (Å²) in [7, 11) is 0. The molecule has 6 heteroatoms. The van der Waals surface area contributed by atoms with Crippen LogP contribution in [0.2, 0.25) is 0 Å². The van der Waals surface area contributed by atoms with Crippen molar-refractivity contribution in [3.8, 4) is 11.5 Å². The fourth-order valence-corrected chi connectivity index (χ4v) is 2.24. The van der Waals surface area contributed by atoms with Crippen LogP contribution in [0.1, 0.15) is 28.4 Å². The Morgan fingerprint density at radius 1 is 0.844 bits per heavy atom. The lowest BCUT2D eigenvalue weighted by atomic mass is 10.0. The second-order valence-corrected chi connectivity index (χ2v) is 6.26. The van der Waals surface area contributed by atoms with Crippen molar-refractivity contribution in [2.24, 2.45) is 0 Å². The first kappa shape index (κ1) is 25.7. The lowest BCUT2D eigenvalue weighted by Gasteiger charge is -2.08. The van der Waals surface area contributed by atoms with Crippen LogP contribution in [0.5, 0.6) is 11.5 Å². The molecule has 2 rings (SSSR count). The monoisotopic (exact) mass is 432 g/mol. The average Bonchev–Trinajstić information content (AvgIpc) is 2.79. The van der Waals surface area contributed by atoms with Gasteiger partial charge in [0.15, 0.2) is 11.6 Å². The van der Waals surface area contributed by atoms with E-state index >= 15 is 0 Å². The standard InChI is InChI=1S/C22H18O5.C4H6O/c1-4-21(24)26-17-9-6-8-16(14-17)12-13-19(23)18-10-7-11-20(15(18)3)27-22(25)5-2;1-3-4(2)5/h4-14H,1-2H2,3H3;3H,1H2,2H3/b13-12+;. The summed E-state index contributed by atoms with van der Waals surface area (Å²) in [6.07, 6.45) is 6.41. The van der Waals surface area contributed by atoms with Gasteiger partial charge in [0.05, 0.1) is 0 Å². The van der Waals surface area contributed by atoms with Crippen LogP contribution in [-0.4, -0.2) is 23.5 Å². The molecule has 0 bridgehead atoms. The number of carbonyl (C=O) groups excluding carboxylic acids is 4. The van der Waals surface area contributed by atoms with E-state index in [0.29, 0.717) is 28.2 Å². The van der Waals surface area contributed by atoms with E-state index in [0.717, 1.165) is 12.2 Å². The number of ketones is 2. The summed E-state index contributed by atoms with van der Waals surface area (Å²) in [6, 6.07) is 11.6. The summed E-state index contributed by atoms with van der Waals surface area (Å²) in [5.41, 5.74) is 1.65. The van der Waals surface area contributed by atoms with Gasteiger partial charge in [-0.2, -0.15) is 0 Å². The van der Waals surface area contributed by atoms with Gasteiger partial charge in [-0.3, -0.25) is 9.59 Å². The molecule has 0 atom stereocenters. The van der Waals surface area contributed by atoms with Gasteiger partial charge in [-0.15, -0.1) is 0 Å². The van der Waals surface area contributed by atoms with E-state index in [1.165, 1.54) is 19.1 Å². The topological polar surface area (TPSA) is 86.7 Å². The SMILES string of the molecule is C=CC(=O)Oc1cccc(/C=C/C(=O)c2cccc(OC(=O)C=C)c2C)c1.C=CC(C)=O. The molecule has 0 heterocycles. The minimum absolute atomic E-state index is 0.0185. The smallest absolute Gasteiger partial charge is 0.335 e. The first-order valence-corrected chi connectivity index (χ1v) is 9.45. The molecular formula is C26H24O6. The Kier molecular flexibility index (Phi) is 10.5. The fraction of sp³-hybridized carbons (Fsp3) is 0.0769. The van der Waals surface area contributed by atoms with Crippen LogP contribution in [0.4, 0.5) is 0 Å². The first-order valence-electron chi connectivity index (χ1n) is 9.45. The van der Waals surface area contributed by atoms with E-state index in [2.05, 4.69) is 19.7 Å². The molecule has 0 amide bonds. The number of allylic oxidation sites excluding steroid dienone is 2. The highest BCUT2D eigenvalue weighted by atomic mass is 16.5. The number of rotatable bonds is 8. The average molecular weight is 432 g/mol. The van der Waals surface area contributed by atoms with E-state index in [9.17, 15) is 19.2 Å². The minimum Gasteiger partial charge on any atom is -0.423 e. The number of hydrogen-bond acceptors (Lipinski definition) is 6. The normalized spacial score (nSPS) is 9.69. The lowest BCUT2D eigenvalue weighted by Crippen LogP contribution is -2.07. The second-order valence-electron chi connectivity index (χ2n) is 6.26. The molecule has 0 aliphatic rings. The third kappa shape index (κ3) is 8.59. The molecule has 0 fully saturated rings. The summed E-state index contributed by atoms with van der Waals surface area (Å²) >= 11 is 0. The van der Waals surface area contributed by atoms with Crippen LogP contribution in [0.25, 0.3) is 6.08 Å². The minimum atomic E-state index is -0.593. The molecule has 0 radical (unpaired) electrons. The van der Waals surface area contributed by atoms with Crippen molar-refractivity contribution in [2.75, 3.05) is 0 Å². The van der Waals surface area contributed by atoms with Crippen LogP contribution in [-0.2, 0) is 14.4 Å². The number of benzene rings is 2. The largest absolute Gasteiger partial charge is 0.423 e. The number of hydrogen-bond donors (Lipinski definition) is 0. The third-order valence-corrected chi connectivity index (χ3v) is 3.88. The summed E-state index contributed by atoms with van der Waals surface area (Å²) in [5, 5.41) is 0. The van der Waals surface area contributed by atoms with Gasteiger partial charge in [0.25, 0.3) is 0 Å². The van der Waals surface area contributed by atoms with Crippen molar-refractivity contribution >= 4 is 29.6 Å². The highest BCUT2D eigenvalue weighted by Gasteiger charge is 2.12. The van der Waals surface area contributed by atoms with Gasteiger partial charge in [0.2, 0.25) is 0 Å². The van der Waals surface area contributed by atoms with E-state index in [1.54, 1.807) is 55.5 Å². The zero-order chi connectivity index (χ0) is 24.1. The maximum atomic E-state index is 12.5. The summed E-state index contributed by atoms with van der Waals surface area (Å²) < 4.78 is 10.2. The van der Waals surface area contributed by atoms with E-state index in [4.69, 9.17) is 9.47 Å². The van der Waals surface area contributed by atoms with Crippen molar-refractivity contribution in [1.29, 1.82) is 0 Å². The van der Waals surface area contributed by atoms with E-state index < -0.39 is 11.9 Å². The Hall–Kier alpha value is -4.32. The predicted molar refractivity (Wildman–Crippen MR) is 124 cm³/mol.